The van der Waals surface area contributed by atoms with E-state index in [-0.39, 0.29) is 19.1 Å². The molecule has 9 heteroatoms. The molecule has 4 aromatic rings. The molecule has 198 valence electrons. The smallest absolute Gasteiger partial charge is 0.449 e. The van der Waals surface area contributed by atoms with Gasteiger partial charge >= 0.3 is 13.2 Å². The molecule has 8 nitrogen and oxygen atoms in total. The molecule has 1 fully saturated rings. The van der Waals surface area contributed by atoms with E-state index in [4.69, 9.17) is 14.0 Å². The molecule has 2 aromatic carbocycles. The molecular weight excluding hydrogens is 491 g/mol. The van der Waals surface area contributed by atoms with Gasteiger partial charge in [0.25, 0.3) is 0 Å². The first-order valence-electron chi connectivity index (χ1n) is 13.2. The fourth-order valence-corrected chi connectivity index (χ4v) is 5.17. The van der Waals surface area contributed by atoms with Crippen LogP contribution in [0.1, 0.15) is 50.3 Å². The summed E-state index contributed by atoms with van der Waals surface area (Å²) in [6.07, 6.45) is 4.91. The van der Waals surface area contributed by atoms with Crippen molar-refractivity contribution in [2.45, 2.75) is 44.8 Å². The lowest BCUT2D eigenvalue weighted by atomic mass is 9.77. The lowest BCUT2D eigenvalue weighted by Gasteiger charge is -2.32. The summed E-state index contributed by atoms with van der Waals surface area (Å²) >= 11 is 0. The van der Waals surface area contributed by atoms with Gasteiger partial charge in [-0.2, -0.15) is 5.10 Å². The quantitative estimate of drug-likeness (QED) is 0.324. The summed E-state index contributed by atoms with van der Waals surface area (Å²) in [6, 6.07) is 18.5. The number of amides is 1. The maximum Gasteiger partial charge on any atom is 0.492 e. The molecule has 0 radical (unpaired) electrons. The van der Waals surface area contributed by atoms with E-state index in [1.807, 2.05) is 64.1 Å². The summed E-state index contributed by atoms with van der Waals surface area (Å²) in [5.41, 5.74) is 6.00. The number of fused-ring (bicyclic) bond motifs is 4. The average molecular weight is 522 g/mol. The van der Waals surface area contributed by atoms with Crippen molar-refractivity contribution < 1.29 is 18.8 Å². The summed E-state index contributed by atoms with van der Waals surface area (Å²) in [6.45, 7) is 8.45. The maximum absolute atomic E-state index is 12.9. The van der Waals surface area contributed by atoms with Gasteiger partial charge in [0.2, 0.25) is 0 Å². The number of carbonyl (C=O) groups excluding carboxylic acids is 1. The van der Waals surface area contributed by atoms with Gasteiger partial charge in [0, 0.05) is 24.0 Å². The number of nitrogens with one attached hydrogen (secondary N) is 2. The molecule has 6 rings (SSSR count). The molecular formula is C30H31BN4O4. The van der Waals surface area contributed by atoms with E-state index in [0.717, 1.165) is 16.4 Å². The molecule has 0 saturated carbocycles. The Bertz CT molecular complexity index is 1520. The summed E-state index contributed by atoms with van der Waals surface area (Å²) in [7, 11) is -0.635. The highest BCUT2D eigenvalue weighted by atomic mass is 16.7. The Kier molecular flexibility index (Phi) is 6.28. The molecule has 2 aliphatic rings. The van der Waals surface area contributed by atoms with E-state index < -0.39 is 24.4 Å². The number of aromatic amines is 1. The van der Waals surface area contributed by atoms with Gasteiger partial charge in [-0.3, -0.25) is 5.10 Å². The molecule has 1 aliphatic carbocycles. The first-order chi connectivity index (χ1) is 18.7. The van der Waals surface area contributed by atoms with Gasteiger partial charge in [-0.25, -0.2) is 9.78 Å². The van der Waals surface area contributed by atoms with E-state index in [2.05, 4.69) is 44.8 Å². The molecule has 39 heavy (non-hydrogen) atoms. The van der Waals surface area contributed by atoms with Crippen LogP contribution in [-0.4, -0.2) is 52.7 Å². The number of alkyl carbamates (subject to hydrolysis) is 1. The monoisotopic (exact) mass is 522 g/mol. The maximum atomic E-state index is 12.9. The predicted molar refractivity (Wildman–Crippen MR) is 151 cm³/mol. The van der Waals surface area contributed by atoms with Crippen LogP contribution in [0.5, 0.6) is 0 Å². The zero-order valence-corrected chi connectivity index (χ0v) is 22.5. The second kappa shape index (κ2) is 9.66. The number of hydrogen-bond acceptors (Lipinski definition) is 6. The van der Waals surface area contributed by atoms with E-state index in [1.54, 1.807) is 12.4 Å². The number of aromatic nitrogens is 3. The van der Waals surface area contributed by atoms with Crippen LogP contribution in [0.25, 0.3) is 28.2 Å². The van der Waals surface area contributed by atoms with Gasteiger partial charge in [-0.15, -0.1) is 0 Å². The summed E-state index contributed by atoms with van der Waals surface area (Å²) in [4.78, 5) is 17.4. The van der Waals surface area contributed by atoms with Crippen molar-refractivity contribution in [3.63, 3.8) is 0 Å². The topological polar surface area (TPSA) is 98.4 Å². The number of rotatable bonds is 6. The van der Waals surface area contributed by atoms with Crippen LogP contribution in [0.2, 0.25) is 0 Å². The van der Waals surface area contributed by atoms with Crippen molar-refractivity contribution in [2.75, 3.05) is 13.2 Å². The van der Waals surface area contributed by atoms with Crippen LogP contribution in [0.4, 0.5) is 4.79 Å². The highest BCUT2D eigenvalue weighted by molar-refractivity contribution is 6.56. The molecule has 0 atom stereocenters. The molecule has 2 aromatic heterocycles. The van der Waals surface area contributed by atoms with Crippen LogP contribution >= 0.6 is 0 Å². The Hall–Kier alpha value is -3.95. The van der Waals surface area contributed by atoms with E-state index in [1.165, 1.54) is 22.3 Å². The first kappa shape index (κ1) is 25.3. The lowest BCUT2D eigenvalue weighted by molar-refractivity contribution is 0.00578. The minimum Gasteiger partial charge on any atom is -0.449 e. The van der Waals surface area contributed by atoms with Crippen LogP contribution in [-0.2, 0) is 14.0 Å². The number of ether oxygens (including phenoxy) is 1. The van der Waals surface area contributed by atoms with E-state index >= 15 is 0 Å². The van der Waals surface area contributed by atoms with Crippen molar-refractivity contribution in [1.29, 1.82) is 0 Å². The second-order valence-electron chi connectivity index (χ2n) is 11.1. The molecule has 0 bridgehead atoms. The minimum absolute atomic E-state index is 0.00554. The molecule has 1 amide bonds. The number of H-pyrrole nitrogens is 1. The molecule has 3 heterocycles. The lowest BCUT2D eigenvalue weighted by Crippen LogP contribution is -2.41. The molecule has 0 unspecified atom stereocenters. The zero-order chi connectivity index (χ0) is 27.2. The van der Waals surface area contributed by atoms with Crippen LogP contribution < -0.4 is 5.32 Å². The van der Waals surface area contributed by atoms with Crippen molar-refractivity contribution >= 4 is 30.3 Å². The molecule has 0 spiro atoms. The predicted octanol–water partition coefficient (Wildman–Crippen LogP) is 5.51. The largest absolute Gasteiger partial charge is 0.492 e. The Morgan fingerprint density at radius 3 is 2.33 bits per heavy atom. The van der Waals surface area contributed by atoms with Crippen LogP contribution in [0.15, 0.2) is 72.5 Å². The molecule has 2 N–H and O–H groups in total. The van der Waals surface area contributed by atoms with Gasteiger partial charge in [-0.1, -0.05) is 54.6 Å². The van der Waals surface area contributed by atoms with Crippen molar-refractivity contribution in [3.8, 4) is 11.1 Å². The number of benzene rings is 2. The third kappa shape index (κ3) is 4.73. The van der Waals surface area contributed by atoms with Crippen molar-refractivity contribution in [3.05, 3.63) is 89.2 Å². The van der Waals surface area contributed by atoms with Crippen molar-refractivity contribution in [2.24, 2.45) is 0 Å². The van der Waals surface area contributed by atoms with Crippen molar-refractivity contribution in [1.82, 2.24) is 20.5 Å². The van der Waals surface area contributed by atoms with Crippen LogP contribution in [0.3, 0.4) is 0 Å². The number of nitrogens with zero attached hydrogens (tertiary/aromatic N) is 2. The third-order valence-electron chi connectivity index (χ3n) is 8.00. The second-order valence-corrected chi connectivity index (χ2v) is 11.1. The Morgan fingerprint density at radius 2 is 1.67 bits per heavy atom. The van der Waals surface area contributed by atoms with E-state index in [9.17, 15) is 4.79 Å². The minimum atomic E-state index is -0.635. The Labute approximate surface area is 227 Å². The Balaban J connectivity index is 1.18. The van der Waals surface area contributed by atoms with Gasteiger partial charge in [0.1, 0.15) is 6.61 Å². The van der Waals surface area contributed by atoms with Gasteiger partial charge in [-0.05, 0) is 67.1 Å². The zero-order valence-electron chi connectivity index (χ0n) is 22.5. The fraction of sp³-hybridized carbons (Fsp3) is 0.300. The van der Waals surface area contributed by atoms with E-state index in [0.29, 0.717) is 5.65 Å². The molecule has 1 saturated heterocycles. The molecule has 1 aliphatic heterocycles. The first-order valence-corrected chi connectivity index (χ1v) is 13.2. The van der Waals surface area contributed by atoms with Gasteiger partial charge in [0.15, 0.2) is 5.65 Å². The number of pyridine rings is 1. The van der Waals surface area contributed by atoms with Gasteiger partial charge < -0.3 is 19.4 Å². The third-order valence-corrected chi connectivity index (χ3v) is 8.00. The Morgan fingerprint density at radius 1 is 1.03 bits per heavy atom. The fourth-order valence-electron chi connectivity index (χ4n) is 5.17. The highest BCUT2D eigenvalue weighted by Gasteiger charge is 2.52. The average Bonchev–Trinajstić information content (AvgIpc) is 3.57. The number of hydrogen-bond donors (Lipinski definition) is 2. The highest BCUT2D eigenvalue weighted by Crippen LogP contribution is 2.44. The summed E-state index contributed by atoms with van der Waals surface area (Å²) in [5.74, 6) is -0.00554. The SMILES string of the molecule is CC1(C)OB(C(=Cc2cnc3[nH]ncc3c2)CNC(=O)OCC2c3ccccc3-c3ccccc32)OC1(C)C. The van der Waals surface area contributed by atoms with Crippen LogP contribution in [0, 0.1) is 0 Å². The summed E-state index contributed by atoms with van der Waals surface area (Å²) in [5, 5.41) is 10.7. The standard InChI is InChI=1S/C30H31BN4O4/c1-29(2)30(3,4)39-31(38-29)21(14-19-13-20-16-34-35-27(20)32-15-19)17-33-28(36)37-18-26-24-11-7-5-9-22(24)23-10-6-8-12-25(23)26/h5-16,26H,17-18H2,1-4H3,(H,33,36)(H,32,34,35). The number of carbonyl (C=O) groups is 1. The normalized spacial score (nSPS) is 17.7. The summed E-state index contributed by atoms with van der Waals surface area (Å²) < 4.78 is 18.4. The van der Waals surface area contributed by atoms with Gasteiger partial charge in [0.05, 0.1) is 17.4 Å².